The van der Waals surface area contributed by atoms with E-state index in [9.17, 15) is 9.59 Å². The summed E-state index contributed by atoms with van der Waals surface area (Å²) in [4.78, 5) is 24.4. The van der Waals surface area contributed by atoms with Gasteiger partial charge in [-0.3, -0.25) is 4.79 Å². The van der Waals surface area contributed by atoms with Crippen molar-refractivity contribution >= 4 is 11.9 Å². The van der Waals surface area contributed by atoms with E-state index in [1.165, 1.54) is 0 Å². The Morgan fingerprint density at radius 2 is 2.00 bits per heavy atom. The third kappa shape index (κ3) is 3.26. The Kier molecular flexibility index (Phi) is 4.80. The quantitative estimate of drug-likeness (QED) is 0.786. The molecular formula is C14H23NO4. The van der Waals surface area contributed by atoms with Gasteiger partial charge in [-0.05, 0) is 32.6 Å². The number of amides is 1. The summed E-state index contributed by atoms with van der Waals surface area (Å²) in [6.45, 7) is 2.76. The molecule has 1 saturated carbocycles. The van der Waals surface area contributed by atoms with Crippen molar-refractivity contribution in [2.45, 2.75) is 63.5 Å². The van der Waals surface area contributed by atoms with E-state index < -0.39 is 11.6 Å². The number of hydrogen-bond acceptors (Lipinski definition) is 4. The van der Waals surface area contributed by atoms with E-state index in [2.05, 4.69) is 5.32 Å². The van der Waals surface area contributed by atoms with Crippen LogP contribution in [0.15, 0.2) is 0 Å². The molecule has 108 valence electrons. The Balaban J connectivity index is 2.04. The highest BCUT2D eigenvalue weighted by molar-refractivity contribution is 5.90. The molecule has 0 aromatic heterocycles. The zero-order chi connectivity index (χ0) is 13.7. The van der Waals surface area contributed by atoms with Crippen LogP contribution in [0.4, 0.5) is 0 Å². The second kappa shape index (κ2) is 6.37. The SMILES string of the molecule is CCOC(=O)C1(NC(=O)[C@@H]2CCCO2)CCCCC1. The Morgan fingerprint density at radius 1 is 1.26 bits per heavy atom. The number of carbonyl (C=O) groups is 2. The Morgan fingerprint density at radius 3 is 2.58 bits per heavy atom. The number of esters is 1. The fraction of sp³-hybridized carbons (Fsp3) is 0.857. The maximum atomic E-state index is 12.2. The highest BCUT2D eigenvalue weighted by Crippen LogP contribution is 2.30. The molecule has 1 N–H and O–H groups in total. The Labute approximate surface area is 114 Å². The molecular weight excluding hydrogens is 246 g/mol. The van der Waals surface area contributed by atoms with Crippen LogP contribution < -0.4 is 5.32 Å². The van der Waals surface area contributed by atoms with E-state index in [1.807, 2.05) is 0 Å². The lowest BCUT2D eigenvalue weighted by atomic mass is 9.81. The number of ether oxygens (including phenoxy) is 2. The van der Waals surface area contributed by atoms with Crippen LogP contribution in [-0.4, -0.2) is 36.7 Å². The molecule has 0 aromatic rings. The summed E-state index contributed by atoms with van der Waals surface area (Å²) in [5.74, 6) is -0.450. The second-order valence-electron chi connectivity index (χ2n) is 5.35. The van der Waals surface area contributed by atoms with Gasteiger partial charge in [0.2, 0.25) is 5.91 Å². The van der Waals surface area contributed by atoms with Gasteiger partial charge in [0.15, 0.2) is 0 Å². The normalized spacial score (nSPS) is 25.8. The summed E-state index contributed by atoms with van der Waals surface area (Å²) in [6.07, 6.45) is 5.60. The van der Waals surface area contributed by atoms with Gasteiger partial charge in [0.1, 0.15) is 11.6 Å². The van der Waals surface area contributed by atoms with Crippen LogP contribution >= 0.6 is 0 Å². The molecule has 0 radical (unpaired) electrons. The zero-order valence-electron chi connectivity index (χ0n) is 11.6. The van der Waals surface area contributed by atoms with Gasteiger partial charge in [-0.25, -0.2) is 4.79 Å². The molecule has 2 fully saturated rings. The molecule has 19 heavy (non-hydrogen) atoms. The summed E-state index contributed by atoms with van der Waals surface area (Å²) in [7, 11) is 0. The van der Waals surface area contributed by atoms with Crippen LogP contribution in [-0.2, 0) is 19.1 Å². The average molecular weight is 269 g/mol. The molecule has 2 aliphatic rings. The maximum Gasteiger partial charge on any atom is 0.331 e. The van der Waals surface area contributed by atoms with E-state index in [1.54, 1.807) is 6.92 Å². The van der Waals surface area contributed by atoms with Crippen molar-refractivity contribution < 1.29 is 19.1 Å². The minimum absolute atomic E-state index is 0.160. The van der Waals surface area contributed by atoms with E-state index >= 15 is 0 Å². The summed E-state index contributed by atoms with van der Waals surface area (Å²) in [6, 6.07) is 0. The average Bonchev–Trinajstić information content (AvgIpc) is 2.94. The molecule has 5 heteroatoms. The minimum atomic E-state index is -0.822. The second-order valence-corrected chi connectivity index (χ2v) is 5.35. The highest BCUT2D eigenvalue weighted by Gasteiger charge is 2.43. The van der Waals surface area contributed by atoms with Crippen molar-refractivity contribution in [2.24, 2.45) is 0 Å². The summed E-state index contributed by atoms with van der Waals surface area (Å²) < 4.78 is 10.5. The van der Waals surface area contributed by atoms with E-state index in [-0.39, 0.29) is 11.9 Å². The standard InChI is InChI=1S/C14H23NO4/c1-2-18-13(17)14(8-4-3-5-9-14)15-12(16)11-7-6-10-19-11/h11H,2-10H2,1H3,(H,15,16)/t11-/m0/s1. The molecule has 1 heterocycles. The lowest BCUT2D eigenvalue weighted by molar-refractivity contribution is -0.156. The van der Waals surface area contributed by atoms with Crippen LogP contribution in [0, 0.1) is 0 Å². The molecule has 1 aliphatic carbocycles. The van der Waals surface area contributed by atoms with Crippen molar-refractivity contribution in [1.29, 1.82) is 0 Å². The van der Waals surface area contributed by atoms with Crippen LogP contribution in [0.2, 0.25) is 0 Å². The Hall–Kier alpha value is -1.10. The highest BCUT2D eigenvalue weighted by atomic mass is 16.5. The minimum Gasteiger partial charge on any atom is -0.464 e. The first-order valence-corrected chi connectivity index (χ1v) is 7.29. The van der Waals surface area contributed by atoms with Crippen molar-refractivity contribution in [3.63, 3.8) is 0 Å². The Bertz CT molecular complexity index is 330. The van der Waals surface area contributed by atoms with Crippen molar-refractivity contribution in [1.82, 2.24) is 5.32 Å². The van der Waals surface area contributed by atoms with E-state index in [0.717, 1.165) is 32.1 Å². The van der Waals surface area contributed by atoms with Gasteiger partial charge in [-0.1, -0.05) is 19.3 Å². The van der Waals surface area contributed by atoms with Crippen LogP contribution in [0.25, 0.3) is 0 Å². The number of carbonyl (C=O) groups excluding carboxylic acids is 2. The predicted octanol–water partition coefficient (Wildman–Crippen LogP) is 1.55. The van der Waals surface area contributed by atoms with Gasteiger partial charge in [0.05, 0.1) is 6.61 Å². The van der Waals surface area contributed by atoms with E-state index in [4.69, 9.17) is 9.47 Å². The first-order valence-electron chi connectivity index (χ1n) is 7.29. The van der Waals surface area contributed by atoms with Gasteiger partial charge in [-0.15, -0.1) is 0 Å². The van der Waals surface area contributed by atoms with Crippen molar-refractivity contribution in [2.75, 3.05) is 13.2 Å². The third-order valence-electron chi connectivity index (χ3n) is 3.96. The monoisotopic (exact) mass is 269 g/mol. The lowest BCUT2D eigenvalue weighted by Crippen LogP contribution is -2.58. The van der Waals surface area contributed by atoms with Crippen LogP contribution in [0.3, 0.4) is 0 Å². The number of hydrogen-bond donors (Lipinski definition) is 1. The fourth-order valence-electron chi connectivity index (χ4n) is 2.91. The van der Waals surface area contributed by atoms with Gasteiger partial charge in [0, 0.05) is 6.61 Å². The zero-order valence-corrected chi connectivity index (χ0v) is 11.6. The van der Waals surface area contributed by atoms with Crippen molar-refractivity contribution in [3.8, 4) is 0 Å². The van der Waals surface area contributed by atoms with E-state index in [0.29, 0.717) is 26.1 Å². The molecule has 1 atom stereocenters. The topological polar surface area (TPSA) is 64.6 Å². The van der Waals surface area contributed by atoms with Gasteiger partial charge < -0.3 is 14.8 Å². The summed E-state index contributed by atoms with van der Waals surface area (Å²) in [5, 5.41) is 2.92. The molecule has 0 unspecified atom stereocenters. The molecule has 1 saturated heterocycles. The molecule has 0 aromatic carbocycles. The molecule has 0 spiro atoms. The third-order valence-corrected chi connectivity index (χ3v) is 3.96. The first kappa shape index (κ1) is 14.3. The van der Waals surface area contributed by atoms with Crippen LogP contribution in [0.5, 0.6) is 0 Å². The molecule has 1 aliphatic heterocycles. The number of rotatable bonds is 4. The maximum absolute atomic E-state index is 12.2. The smallest absolute Gasteiger partial charge is 0.331 e. The van der Waals surface area contributed by atoms with Crippen LogP contribution in [0.1, 0.15) is 51.9 Å². The predicted molar refractivity (Wildman–Crippen MR) is 69.6 cm³/mol. The van der Waals surface area contributed by atoms with Gasteiger partial charge >= 0.3 is 5.97 Å². The molecule has 1 amide bonds. The summed E-state index contributed by atoms with van der Waals surface area (Å²) >= 11 is 0. The molecule has 2 rings (SSSR count). The lowest BCUT2D eigenvalue weighted by Gasteiger charge is -2.36. The van der Waals surface area contributed by atoms with Crippen molar-refractivity contribution in [3.05, 3.63) is 0 Å². The fourth-order valence-corrected chi connectivity index (χ4v) is 2.91. The number of nitrogens with one attached hydrogen (secondary N) is 1. The molecule has 0 bridgehead atoms. The summed E-state index contributed by atoms with van der Waals surface area (Å²) in [5.41, 5.74) is -0.822. The first-order chi connectivity index (χ1) is 9.18. The van der Waals surface area contributed by atoms with Gasteiger partial charge in [0.25, 0.3) is 0 Å². The van der Waals surface area contributed by atoms with Gasteiger partial charge in [-0.2, -0.15) is 0 Å². The molecule has 5 nitrogen and oxygen atoms in total. The largest absolute Gasteiger partial charge is 0.464 e.